The highest BCUT2D eigenvalue weighted by Crippen LogP contribution is 2.32. The fourth-order valence-corrected chi connectivity index (χ4v) is 2.57. The molecule has 1 fully saturated rings. The molecule has 2 rings (SSSR count). The van der Waals surface area contributed by atoms with E-state index in [0.717, 1.165) is 30.0 Å². The van der Waals surface area contributed by atoms with E-state index in [4.69, 9.17) is 5.73 Å². The number of carbonyl (C=O) groups is 1. The second kappa shape index (κ2) is 4.19. The predicted molar refractivity (Wildman–Crippen MR) is 74.7 cm³/mol. The zero-order valence-electron chi connectivity index (χ0n) is 11.5. The maximum atomic E-state index is 12.3. The summed E-state index contributed by atoms with van der Waals surface area (Å²) in [7, 11) is 1.85. The highest BCUT2D eigenvalue weighted by molar-refractivity contribution is 5.91. The average Bonchev–Trinajstić information content (AvgIpc) is 2.31. The molecule has 0 saturated carbocycles. The number of nitrogens with zero attached hydrogens (tertiary/aromatic N) is 2. The minimum atomic E-state index is -0.522. The van der Waals surface area contributed by atoms with Crippen LogP contribution in [0.2, 0.25) is 0 Å². The van der Waals surface area contributed by atoms with E-state index in [9.17, 15) is 4.79 Å². The Kier molecular flexibility index (Phi) is 2.97. The van der Waals surface area contributed by atoms with Gasteiger partial charge in [0, 0.05) is 31.5 Å². The van der Waals surface area contributed by atoms with Gasteiger partial charge in [0.2, 0.25) is 5.91 Å². The second-order valence-electron chi connectivity index (χ2n) is 5.43. The number of hydrogen-bond acceptors (Lipinski definition) is 3. The number of rotatable bonds is 1. The Bertz CT molecular complexity index is 482. The van der Waals surface area contributed by atoms with Crippen molar-refractivity contribution in [3.63, 3.8) is 0 Å². The van der Waals surface area contributed by atoms with Gasteiger partial charge in [-0.2, -0.15) is 0 Å². The quantitative estimate of drug-likeness (QED) is 0.767. The Balaban J connectivity index is 2.45. The van der Waals surface area contributed by atoms with Gasteiger partial charge in [0.25, 0.3) is 0 Å². The first-order chi connectivity index (χ1) is 8.35. The van der Waals surface area contributed by atoms with Crippen LogP contribution < -0.4 is 10.6 Å². The molecule has 18 heavy (non-hydrogen) atoms. The van der Waals surface area contributed by atoms with Gasteiger partial charge in [0.15, 0.2) is 0 Å². The molecule has 0 spiro atoms. The van der Waals surface area contributed by atoms with Crippen molar-refractivity contribution in [2.45, 2.75) is 26.3 Å². The molecule has 1 aromatic rings. The summed E-state index contributed by atoms with van der Waals surface area (Å²) in [5.74, 6) is 0.149. The molecule has 1 saturated heterocycles. The van der Waals surface area contributed by atoms with Crippen molar-refractivity contribution >= 4 is 17.3 Å². The number of amides is 1. The van der Waals surface area contributed by atoms with Gasteiger partial charge in [-0.1, -0.05) is 6.07 Å². The molecule has 0 radical (unpaired) electrons. The van der Waals surface area contributed by atoms with Crippen LogP contribution in [-0.2, 0) is 4.79 Å². The summed E-state index contributed by atoms with van der Waals surface area (Å²) in [6.07, 6.45) is 0. The van der Waals surface area contributed by atoms with E-state index in [1.165, 1.54) is 0 Å². The summed E-state index contributed by atoms with van der Waals surface area (Å²) in [5, 5.41) is 0. The molecule has 0 bridgehead atoms. The van der Waals surface area contributed by atoms with Gasteiger partial charge >= 0.3 is 0 Å². The molecule has 4 nitrogen and oxygen atoms in total. The third-order valence-electron chi connectivity index (χ3n) is 3.84. The van der Waals surface area contributed by atoms with Crippen molar-refractivity contribution < 1.29 is 4.79 Å². The Morgan fingerprint density at radius 3 is 2.61 bits per heavy atom. The number of hydrogen-bond donors (Lipinski definition) is 1. The number of nitrogen functional groups attached to an aromatic ring is 1. The zero-order valence-corrected chi connectivity index (χ0v) is 11.5. The van der Waals surface area contributed by atoms with Crippen LogP contribution >= 0.6 is 0 Å². The first-order valence-corrected chi connectivity index (χ1v) is 6.24. The van der Waals surface area contributed by atoms with Crippen LogP contribution in [0.15, 0.2) is 18.2 Å². The first kappa shape index (κ1) is 12.7. The standard InChI is InChI=1S/C14H21N3O/c1-10-11(15)6-5-7-12(10)17-9-8-16(4)13(18)14(17,2)3/h5-7H,8-9,15H2,1-4H3. The monoisotopic (exact) mass is 247 g/mol. The van der Waals surface area contributed by atoms with Gasteiger partial charge in [-0.25, -0.2) is 0 Å². The Morgan fingerprint density at radius 1 is 1.28 bits per heavy atom. The topological polar surface area (TPSA) is 49.6 Å². The molecule has 2 N–H and O–H groups in total. The maximum Gasteiger partial charge on any atom is 0.247 e. The smallest absolute Gasteiger partial charge is 0.247 e. The highest BCUT2D eigenvalue weighted by Gasteiger charge is 2.40. The maximum absolute atomic E-state index is 12.3. The lowest BCUT2D eigenvalue weighted by atomic mass is 9.95. The summed E-state index contributed by atoms with van der Waals surface area (Å²) in [4.78, 5) is 16.2. The van der Waals surface area contributed by atoms with E-state index in [2.05, 4.69) is 4.90 Å². The lowest BCUT2D eigenvalue weighted by Crippen LogP contribution is -2.62. The third kappa shape index (κ3) is 1.82. The molecular formula is C14H21N3O. The second-order valence-corrected chi connectivity index (χ2v) is 5.43. The van der Waals surface area contributed by atoms with Gasteiger partial charge in [0.05, 0.1) is 0 Å². The van der Waals surface area contributed by atoms with Crippen LogP contribution in [0.25, 0.3) is 0 Å². The zero-order chi connectivity index (χ0) is 13.5. The van der Waals surface area contributed by atoms with Crippen LogP contribution in [0.3, 0.4) is 0 Å². The molecule has 98 valence electrons. The number of nitrogens with two attached hydrogens (primary N) is 1. The van der Waals surface area contributed by atoms with Crippen molar-refractivity contribution in [3.05, 3.63) is 23.8 Å². The largest absolute Gasteiger partial charge is 0.398 e. The summed E-state index contributed by atoms with van der Waals surface area (Å²) in [6.45, 7) is 7.51. The van der Waals surface area contributed by atoms with Crippen LogP contribution in [0.5, 0.6) is 0 Å². The molecule has 0 atom stereocenters. The van der Waals surface area contributed by atoms with E-state index < -0.39 is 5.54 Å². The van der Waals surface area contributed by atoms with Crippen LogP contribution in [-0.4, -0.2) is 36.5 Å². The number of anilines is 2. The summed E-state index contributed by atoms with van der Waals surface area (Å²) in [6, 6.07) is 5.87. The SMILES string of the molecule is Cc1c(N)cccc1N1CCN(C)C(=O)C1(C)C. The molecule has 1 aliphatic heterocycles. The third-order valence-corrected chi connectivity index (χ3v) is 3.84. The van der Waals surface area contributed by atoms with E-state index in [-0.39, 0.29) is 5.91 Å². The van der Waals surface area contributed by atoms with Crippen molar-refractivity contribution in [2.24, 2.45) is 0 Å². The number of likely N-dealkylation sites (N-methyl/N-ethyl adjacent to an activating group) is 1. The predicted octanol–water partition coefficient (Wildman–Crippen LogP) is 1.63. The molecule has 0 aliphatic carbocycles. The van der Waals surface area contributed by atoms with E-state index in [0.29, 0.717) is 0 Å². The van der Waals surface area contributed by atoms with Crippen LogP contribution in [0, 0.1) is 6.92 Å². The van der Waals surface area contributed by atoms with Gasteiger partial charge in [-0.15, -0.1) is 0 Å². The Morgan fingerprint density at radius 2 is 1.94 bits per heavy atom. The van der Waals surface area contributed by atoms with E-state index >= 15 is 0 Å². The Labute approximate surface area is 108 Å². The lowest BCUT2D eigenvalue weighted by molar-refractivity contribution is -0.136. The summed E-state index contributed by atoms with van der Waals surface area (Å²) < 4.78 is 0. The van der Waals surface area contributed by atoms with Crippen molar-refractivity contribution in [2.75, 3.05) is 30.8 Å². The molecule has 1 amide bonds. The molecule has 4 heteroatoms. The van der Waals surface area contributed by atoms with Crippen molar-refractivity contribution in [1.82, 2.24) is 4.90 Å². The van der Waals surface area contributed by atoms with Crippen molar-refractivity contribution in [1.29, 1.82) is 0 Å². The molecule has 1 aliphatic rings. The van der Waals surface area contributed by atoms with Gasteiger partial charge in [0.1, 0.15) is 5.54 Å². The van der Waals surface area contributed by atoms with E-state index in [1.54, 1.807) is 4.90 Å². The van der Waals surface area contributed by atoms with Gasteiger partial charge in [-0.05, 0) is 38.5 Å². The number of carbonyl (C=O) groups excluding carboxylic acids is 1. The molecular weight excluding hydrogens is 226 g/mol. The summed E-state index contributed by atoms with van der Waals surface area (Å²) in [5.41, 5.74) is 8.31. The van der Waals surface area contributed by atoms with Gasteiger partial charge < -0.3 is 15.5 Å². The lowest BCUT2D eigenvalue weighted by Gasteiger charge is -2.46. The average molecular weight is 247 g/mol. The minimum absolute atomic E-state index is 0.149. The fraction of sp³-hybridized carbons (Fsp3) is 0.500. The molecule has 0 aromatic heterocycles. The molecule has 1 heterocycles. The molecule has 1 aromatic carbocycles. The summed E-state index contributed by atoms with van der Waals surface area (Å²) >= 11 is 0. The molecule has 0 unspecified atom stereocenters. The van der Waals surface area contributed by atoms with Crippen molar-refractivity contribution in [3.8, 4) is 0 Å². The van der Waals surface area contributed by atoms with Crippen LogP contribution in [0.4, 0.5) is 11.4 Å². The first-order valence-electron chi connectivity index (χ1n) is 6.24. The van der Waals surface area contributed by atoms with Crippen LogP contribution in [0.1, 0.15) is 19.4 Å². The minimum Gasteiger partial charge on any atom is -0.398 e. The van der Waals surface area contributed by atoms with Gasteiger partial charge in [-0.3, -0.25) is 4.79 Å². The number of piperazine rings is 1. The highest BCUT2D eigenvalue weighted by atomic mass is 16.2. The normalized spacial score (nSPS) is 19.2. The Hall–Kier alpha value is -1.71. The number of benzene rings is 1. The van der Waals surface area contributed by atoms with E-state index in [1.807, 2.05) is 46.0 Å². The fourth-order valence-electron chi connectivity index (χ4n) is 2.57.